The van der Waals surface area contributed by atoms with Gasteiger partial charge >= 0.3 is 0 Å². The zero-order chi connectivity index (χ0) is 39.3. The second kappa shape index (κ2) is 10.4. The quantitative estimate of drug-likeness (QED) is 0.188. The van der Waals surface area contributed by atoms with E-state index in [4.69, 9.17) is 14.0 Å². The minimum absolute atomic E-state index is 0.0498. The maximum absolute atomic E-state index is 9.59. The summed E-state index contributed by atoms with van der Waals surface area (Å²) < 4.78 is 103. The van der Waals surface area contributed by atoms with E-state index < -0.39 is 18.1 Å². The maximum atomic E-state index is 9.59. The van der Waals surface area contributed by atoms with E-state index in [2.05, 4.69) is 0 Å². The van der Waals surface area contributed by atoms with E-state index in [0.29, 0.717) is 33.0 Å². The minimum Gasteiger partial charge on any atom is -0.456 e. The van der Waals surface area contributed by atoms with Crippen molar-refractivity contribution in [3.8, 4) is 44.5 Å². The molecule has 9 aromatic rings. The summed E-state index contributed by atoms with van der Waals surface area (Å²) in [5.41, 5.74) is 3.33. The van der Waals surface area contributed by atoms with Gasteiger partial charge in [-0.2, -0.15) is 0 Å². The van der Waals surface area contributed by atoms with Crippen LogP contribution in [0.5, 0.6) is 0 Å². The Morgan fingerprint density at radius 1 is 0.356 bits per heavy atom. The summed E-state index contributed by atoms with van der Waals surface area (Å²) in [4.78, 5) is 0. The Bertz CT molecular complexity index is 3070. The average Bonchev–Trinajstić information content (AvgIpc) is 3.63. The van der Waals surface area contributed by atoms with E-state index in [1.54, 1.807) is 42.5 Å². The van der Waals surface area contributed by atoms with Crippen molar-refractivity contribution in [3.63, 3.8) is 0 Å². The fourth-order valence-corrected chi connectivity index (χ4v) is 6.20. The van der Waals surface area contributed by atoms with Gasteiger partial charge in [0.1, 0.15) is 11.2 Å². The van der Waals surface area contributed by atoms with Crippen molar-refractivity contribution in [1.82, 2.24) is 0 Å². The van der Waals surface area contributed by atoms with E-state index in [0.717, 1.165) is 16.3 Å². The summed E-state index contributed by atoms with van der Waals surface area (Å²) in [7, 11) is 0. The highest BCUT2D eigenvalue weighted by atomic mass is 16.3. The lowest BCUT2D eigenvalue weighted by molar-refractivity contribution is 0.669. The molecule has 0 fully saturated rings. The average molecular weight is 584 g/mol. The van der Waals surface area contributed by atoms with Crippen LogP contribution in [0.3, 0.4) is 0 Å². The highest BCUT2D eigenvalue weighted by Crippen LogP contribution is 2.45. The molecule has 0 saturated carbocycles. The molecule has 0 unspecified atom stereocenters. The molecule has 210 valence electrons. The first-order valence-electron chi connectivity index (χ1n) is 20.0. The van der Waals surface area contributed by atoms with Gasteiger partial charge in [0.15, 0.2) is 0 Å². The van der Waals surface area contributed by atoms with E-state index in [1.165, 1.54) is 0 Å². The zero-order valence-corrected chi connectivity index (χ0v) is 23.7. The predicted octanol–water partition coefficient (Wildman–Crippen LogP) is 12.6. The molecule has 0 atom stereocenters. The summed E-state index contributed by atoms with van der Waals surface area (Å²) in [6, 6.07) is 27.9. The van der Waals surface area contributed by atoms with Crippen molar-refractivity contribution in [2.75, 3.05) is 0 Å². The van der Waals surface area contributed by atoms with Crippen LogP contribution in [0.25, 0.3) is 88.0 Å². The van der Waals surface area contributed by atoms with Crippen molar-refractivity contribution < 1.29 is 19.5 Å². The second-order valence-corrected chi connectivity index (χ2v) is 10.8. The van der Waals surface area contributed by atoms with Crippen LogP contribution in [0.4, 0.5) is 0 Å². The van der Waals surface area contributed by atoms with Crippen LogP contribution in [0.2, 0.25) is 0 Å². The molecule has 9 rings (SSSR count). The molecule has 8 aromatic carbocycles. The number of rotatable bonds is 4. The van der Waals surface area contributed by atoms with Crippen LogP contribution in [-0.2, 0) is 0 Å². The van der Waals surface area contributed by atoms with E-state index in [1.807, 2.05) is 60.7 Å². The Kier molecular flexibility index (Phi) is 3.87. The van der Waals surface area contributed by atoms with Crippen molar-refractivity contribution in [2.24, 2.45) is 0 Å². The molecule has 0 saturated heterocycles. The molecule has 1 heteroatoms. The number of hydrogen-bond acceptors (Lipinski definition) is 1. The van der Waals surface area contributed by atoms with Gasteiger partial charge in [-0.15, -0.1) is 0 Å². The topological polar surface area (TPSA) is 13.1 Å². The Hall–Kier alpha value is -5.92. The van der Waals surface area contributed by atoms with Gasteiger partial charge in [-0.1, -0.05) is 139 Å². The number of hydrogen-bond donors (Lipinski definition) is 0. The zero-order valence-electron chi connectivity index (χ0n) is 34.7. The first kappa shape index (κ1) is 16.8. The Balaban J connectivity index is 1.35. The van der Waals surface area contributed by atoms with Gasteiger partial charge in [0.2, 0.25) is 0 Å². The molecule has 1 aromatic heterocycles. The molecule has 0 N–H and O–H groups in total. The highest BCUT2D eigenvalue weighted by Gasteiger charge is 2.18. The molecule has 0 bridgehead atoms. The fourth-order valence-electron chi connectivity index (χ4n) is 6.20. The van der Waals surface area contributed by atoms with Crippen LogP contribution in [0, 0.1) is 0 Å². The lowest BCUT2D eigenvalue weighted by atomic mass is 9.85. The molecule has 45 heavy (non-hydrogen) atoms. The summed E-state index contributed by atoms with van der Waals surface area (Å²) in [6.45, 7) is 0. The van der Waals surface area contributed by atoms with Gasteiger partial charge in [0.05, 0.1) is 15.1 Å². The van der Waals surface area contributed by atoms with Crippen LogP contribution in [0.1, 0.15) is 15.1 Å². The molecule has 1 nitrogen and oxygen atoms in total. The SMILES string of the molecule is [2H]c1c([2H])c([2H])c(-c2cccc(-c3c4ccccc4c(-c4c([2H])c([2H])c5c(oc6c([2H])c([2H])c(-c7ccccc7)c([2H])c65)c4[2H])c4ccccc34)c2)c([2H])c1[2H]. The van der Waals surface area contributed by atoms with Crippen molar-refractivity contribution in [1.29, 1.82) is 0 Å². The van der Waals surface area contributed by atoms with Gasteiger partial charge in [0.25, 0.3) is 0 Å². The van der Waals surface area contributed by atoms with Crippen LogP contribution in [-0.4, -0.2) is 0 Å². The summed E-state index contributed by atoms with van der Waals surface area (Å²) >= 11 is 0. The monoisotopic (exact) mass is 583 g/mol. The van der Waals surface area contributed by atoms with Crippen molar-refractivity contribution in [2.45, 2.75) is 0 Å². The third-order valence-corrected chi connectivity index (χ3v) is 8.19. The predicted molar refractivity (Wildman–Crippen MR) is 190 cm³/mol. The Labute approximate surface area is 277 Å². The standard InChI is InChI=1S/C44H28O/c1-3-12-29(13-4-1)31-16-11-17-33(26-31)43-36-18-7-9-20-38(36)44(39-21-10-8-19-37(39)43)34-22-24-35-40-27-32(30-14-5-2-6-15-30)23-25-41(40)45-42(35)28-34/h1-28H/i1D,3D,4D,12D,13D,22D,23D,24D,25D,27D,28D. The van der Waals surface area contributed by atoms with Crippen LogP contribution in [0.15, 0.2) is 174 Å². The first-order valence-corrected chi connectivity index (χ1v) is 14.5. The highest BCUT2D eigenvalue weighted by molar-refractivity contribution is 6.22. The lowest BCUT2D eigenvalue weighted by Gasteiger charge is -2.18. The van der Waals surface area contributed by atoms with Gasteiger partial charge in [0, 0.05) is 10.8 Å². The molecule has 0 spiro atoms. The van der Waals surface area contributed by atoms with Gasteiger partial charge in [-0.05, 0) is 96.3 Å². The van der Waals surface area contributed by atoms with Crippen LogP contribution < -0.4 is 0 Å². The summed E-state index contributed by atoms with van der Waals surface area (Å²) in [5, 5.41) is 3.04. The molecular formula is C44H28O. The Morgan fingerprint density at radius 3 is 1.67 bits per heavy atom. The molecule has 0 aliphatic heterocycles. The Morgan fingerprint density at radius 2 is 0.956 bits per heavy atom. The molecule has 0 aliphatic rings. The van der Waals surface area contributed by atoms with E-state index in [9.17, 15) is 5.48 Å². The largest absolute Gasteiger partial charge is 0.456 e. The molecule has 0 aliphatic carbocycles. The smallest absolute Gasteiger partial charge is 0.136 e. The molecular weight excluding hydrogens is 544 g/mol. The van der Waals surface area contributed by atoms with Gasteiger partial charge in [-0.3, -0.25) is 0 Å². The second-order valence-electron chi connectivity index (χ2n) is 10.8. The van der Waals surface area contributed by atoms with Gasteiger partial charge in [-0.25, -0.2) is 0 Å². The minimum atomic E-state index is -0.468. The van der Waals surface area contributed by atoms with Crippen molar-refractivity contribution >= 4 is 43.5 Å². The van der Waals surface area contributed by atoms with Crippen LogP contribution >= 0.6 is 0 Å². The summed E-state index contributed by atoms with van der Waals surface area (Å²) in [6.07, 6.45) is 0. The third-order valence-electron chi connectivity index (χ3n) is 8.19. The molecule has 0 amide bonds. The normalized spacial score (nSPS) is 15.0. The number of fused-ring (bicyclic) bond motifs is 5. The fraction of sp³-hybridized carbons (Fsp3) is 0. The number of benzene rings is 8. The first-order chi connectivity index (χ1) is 26.9. The van der Waals surface area contributed by atoms with E-state index >= 15 is 0 Å². The molecule has 1 heterocycles. The summed E-state index contributed by atoms with van der Waals surface area (Å²) in [5.74, 6) is 0. The van der Waals surface area contributed by atoms with Gasteiger partial charge < -0.3 is 4.42 Å². The third kappa shape index (κ3) is 4.24. The number of furan rings is 1. The maximum Gasteiger partial charge on any atom is 0.136 e. The lowest BCUT2D eigenvalue weighted by Crippen LogP contribution is -1.91. The van der Waals surface area contributed by atoms with Crippen molar-refractivity contribution in [3.05, 3.63) is 170 Å². The molecule has 0 radical (unpaired) electrons. The van der Waals surface area contributed by atoms with E-state index in [-0.39, 0.29) is 87.0 Å².